The summed E-state index contributed by atoms with van der Waals surface area (Å²) < 4.78 is 55.7. The summed E-state index contributed by atoms with van der Waals surface area (Å²) in [6.07, 6.45) is 3.62. The lowest BCUT2D eigenvalue weighted by Crippen LogP contribution is -2.47. The van der Waals surface area contributed by atoms with Crippen LogP contribution in [0.15, 0.2) is 39.7 Å². The number of nitrogen functional groups attached to an aromatic ring is 1. The molecular formula is C27H31F2N9O4S. The van der Waals surface area contributed by atoms with Gasteiger partial charge in [0.05, 0.1) is 18.6 Å². The summed E-state index contributed by atoms with van der Waals surface area (Å²) in [6, 6.07) is 5.69. The quantitative estimate of drug-likeness (QED) is 0.232. The van der Waals surface area contributed by atoms with Crippen molar-refractivity contribution in [3.63, 3.8) is 0 Å². The maximum Gasteiger partial charge on any atom is 0.330 e. The van der Waals surface area contributed by atoms with Gasteiger partial charge < -0.3 is 19.8 Å². The highest BCUT2D eigenvalue weighted by Gasteiger charge is 2.24. The van der Waals surface area contributed by atoms with Crippen molar-refractivity contribution in [2.75, 3.05) is 62.0 Å². The molecule has 0 radical (unpaired) electrons. The second-order valence-electron chi connectivity index (χ2n) is 10.3. The number of nitrogens with zero attached hydrogens (tertiary/aromatic N) is 8. The van der Waals surface area contributed by atoms with Gasteiger partial charge in [0.15, 0.2) is 28.6 Å². The number of ether oxygens (including phenoxy) is 1. The van der Waals surface area contributed by atoms with E-state index in [1.54, 1.807) is 30.0 Å². The highest BCUT2D eigenvalue weighted by molar-refractivity contribution is 7.84. The number of hydrogen-bond acceptors (Lipinski definition) is 10. The Bertz CT molecular complexity index is 1860. The van der Waals surface area contributed by atoms with E-state index in [1.165, 1.54) is 21.4 Å². The Morgan fingerprint density at radius 1 is 1.09 bits per heavy atom. The van der Waals surface area contributed by atoms with E-state index in [0.29, 0.717) is 79.8 Å². The predicted octanol–water partition coefficient (Wildman–Crippen LogP) is 1.87. The molecule has 1 aliphatic heterocycles. The number of aryl methyl sites for hydroxylation is 1. The topological polar surface area (TPSA) is 142 Å². The van der Waals surface area contributed by atoms with E-state index in [-0.39, 0.29) is 29.7 Å². The zero-order valence-corrected chi connectivity index (χ0v) is 24.5. The van der Waals surface area contributed by atoms with Crippen molar-refractivity contribution in [2.24, 2.45) is 7.05 Å². The molecule has 4 aromatic heterocycles. The molecule has 0 spiro atoms. The van der Waals surface area contributed by atoms with Gasteiger partial charge in [-0.2, -0.15) is 9.50 Å². The van der Waals surface area contributed by atoms with E-state index in [0.717, 1.165) is 6.07 Å². The van der Waals surface area contributed by atoms with Crippen molar-refractivity contribution in [3.8, 4) is 17.3 Å². The van der Waals surface area contributed by atoms with Crippen LogP contribution in [0.5, 0.6) is 5.75 Å². The second-order valence-corrected chi connectivity index (χ2v) is 11.9. The number of nitrogens with two attached hydrogens (primary N) is 1. The summed E-state index contributed by atoms with van der Waals surface area (Å²) in [5, 5.41) is 4.40. The minimum atomic E-state index is -0.962. The third-order valence-corrected chi connectivity index (χ3v) is 8.37. The molecule has 0 amide bonds. The number of furan rings is 1. The van der Waals surface area contributed by atoms with Crippen molar-refractivity contribution in [3.05, 3.63) is 52.6 Å². The Morgan fingerprint density at radius 3 is 2.60 bits per heavy atom. The normalized spacial score (nSPS) is 15.1. The van der Waals surface area contributed by atoms with Crippen molar-refractivity contribution < 1.29 is 22.1 Å². The van der Waals surface area contributed by atoms with Crippen LogP contribution in [-0.2, 0) is 24.4 Å². The number of hydrogen-bond donors (Lipinski definition) is 1. The van der Waals surface area contributed by atoms with E-state index in [9.17, 15) is 17.8 Å². The van der Waals surface area contributed by atoms with Crippen LogP contribution in [0.4, 0.5) is 20.4 Å². The monoisotopic (exact) mass is 615 g/mol. The van der Waals surface area contributed by atoms with Gasteiger partial charge in [-0.05, 0) is 18.6 Å². The van der Waals surface area contributed by atoms with Crippen LogP contribution in [-0.4, -0.2) is 89.2 Å². The fraction of sp³-hybridized carbons (Fsp3) is 0.407. The number of anilines is 2. The molecule has 6 rings (SSSR count). The SMILES string of the molecule is Cn1c(=O)n(CCN2CCN(c3cc(OCCCS(C)=O)c(F)cc3F)CC2)c2nc(N)n3nc(-c4ccco4)nc3c21. The molecule has 5 aromatic rings. The third kappa shape index (κ3) is 5.59. The van der Waals surface area contributed by atoms with Crippen LogP contribution in [0, 0.1) is 11.6 Å². The van der Waals surface area contributed by atoms with Crippen LogP contribution in [0.25, 0.3) is 28.4 Å². The average molecular weight is 616 g/mol. The van der Waals surface area contributed by atoms with E-state index >= 15 is 0 Å². The highest BCUT2D eigenvalue weighted by Crippen LogP contribution is 2.29. The molecule has 1 aromatic carbocycles. The molecule has 1 aliphatic rings. The summed E-state index contributed by atoms with van der Waals surface area (Å²) in [4.78, 5) is 26.3. The number of piperazine rings is 1. The molecule has 2 N–H and O–H groups in total. The van der Waals surface area contributed by atoms with Crippen molar-refractivity contribution in [1.29, 1.82) is 0 Å². The smallest absolute Gasteiger partial charge is 0.330 e. The molecule has 0 saturated carbocycles. The standard InChI is InChI=1S/C27H31F2N9O4S/c1-34-22-24(32-26(30)38-25(22)31-23(33-38)20-5-3-12-41-20)37(27(34)39)11-8-35-6-9-36(10-7-35)19-16-21(18(29)15-17(19)28)42-13-4-14-43(2)40/h3,5,12,15-16H,4,6-11,13-14H2,1-2H3,(H2,30,32). The summed E-state index contributed by atoms with van der Waals surface area (Å²) >= 11 is 0. The lowest BCUT2D eigenvalue weighted by atomic mass is 10.2. The summed E-state index contributed by atoms with van der Waals surface area (Å²) in [5.74, 6) is -0.123. The van der Waals surface area contributed by atoms with Crippen LogP contribution >= 0.6 is 0 Å². The Balaban J connectivity index is 1.14. The van der Waals surface area contributed by atoms with Gasteiger partial charge in [0, 0.05) is 81.3 Å². The number of aromatic nitrogens is 6. The fourth-order valence-corrected chi connectivity index (χ4v) is 5.79. The first-order valence-corrected chi connectivity index (χ1v) is 15.5. The number of halogens is 2. The zero-order chi connectivity index (χ0) is 30.2. The molecular weight excluding hydrogens is 584 g/mol. The number of rotatable bonds is 10. The molecule has 1 unspecified atom stereocenters. The van der Waals surface area contributed by atoms with Crippen LogP contribution in [0.1, 0.15) is 6.42 Å². The lowest BCUT2D eigenvalue weighted by molar-refractivity contribution is 0.247. The number of benzene rings is 1. The molecule has 5 heterocycles. The molecule has 1 atom stereocenters. The first-order chi connectivity index (χ1) is 20.7. The molecule has 0 aliphatic carbocycles. The molecule has 1 fully saturated rings. The summed E-state index contributed by atoms with van der Waals surface area (Å²) in [6.45, 7) is 3.30. The molecule has 0 bridgehead atoms. The van der Waals surface area contributed by atoms with E-state index in [1.807, 2.05) is 4.90 Å². The predicted molar refractivity (Wildman–Crippen MR) is 158 cm³/mol. The van der Waals surface area contributed by atoms with Gasteiger partial charge in [0.1, 0.15) is 11.3 Å². The minimum absolute atomic E-state index is 0.0270. The van der Waals surface area contributed by atoms with E-state index < -0.39 is 22.4 Å². The van der Waals surface area contributed by atoms with Gasteiger partial charge in [-0.25, -0.2) is 18.6 Å². The highest BCUT2D eigenvalue weighted by atomic mass is 32.2. The van der Waals surface area contributed by atoms with Gasteiger partial charge in [0.25, 0.3) is 0 Å². The van der Waals surface area contributed by atoms with Crippen LogP contribution in [0.2, 0.25) is 0 Å². The van der Waals surface area contributed by atoms with Gasteiger partial charge >= 0.3 is 5.69 Å². The summed E-state index contributed by atoms with van der Waals surface area (Å²) in [5.41, 5.74) is 7.52. The second kappa shape index (κ2) is 11.8. The Hall–Kier alpha value is -4.31. The third-order valence-electron chi connectivity index (χ3n) is 7.51. The van der Waals surface area contributed by atoms with Crippen molar-refractivity contribution >= 4 is 39.2 Å². The maximum absolute atomic E-state index is 14.7. The number of imidazole rings is 1. The van der Waals surface area contributed by atoms with Crippen LogP contribution < -0.4 is 21.1 Å². The van der Waals surface area contributed by atoms with E-state index in [4.69, 9.17) is 14.9 Å². The molecule has 43 heavy (non-hydrogen) atoms. The van der Waals surface area contributed by atoms with Gasteiger partial charge in [-0.3, -0.25) is 18.2 Å². The van der Waals surface area contributed by atoms with Gasteiger partial charge in [0.2, 0.25) is 11.8 Å². The van der Waals surface area contributed by atoms with Crippen molar-refractivity contribution in [2.45, 2.75) is 13.0 Å². The Kier molecular flexibility index (Phi) is 7.87. The van der Waals surface area contributed by atoms with Crippen molar-refractivity contribution in [1.82, 2.24) is 33.6 Å². The minimum Gasteiger partial charge on any atom is -0.490 e. The first-order valence-electron chi connectivity index (χ1n) is 13.8. The Labute approximate surface area is 246 Å². The largest absolute Gasteiger partial charge is 0.490 e. The fourth-order valence-electron chi connectivity index (χ4n) is 5.27. The molecule has 16 heteroatoms. The Morgan fingerprint density at radius 2 is 1.88 bits per heavy atom. The average Bonchev–Trinajstić information content (AvgIpc) is 3.71. The molecule has 1 saturated heterocycles. The zero-order valence-electron chi connectivity index (χ0n) is 23.7. The van der Waals surface area contributed by atoms with Crippen LogP contribution in [0.3, 0.4) is 0 Å². The molecule has 13 nitrogen and oxygen atoms in total. The lowest BCUT2D eigenvalue weighted by Gasteiger charge is -2.36. The maximum atomic E-state index is 14.7. The van der Waals surface area contributed by atoms with Gasteiger partial charge in [-0.1, -0.05) is 0 Å². The molecule has 228 valence electrons. The first kappa shape index (κ1) is 28.8. The van der Waals surface area contributed by atoms with E-state index in [2.05, 4.69) is 20.0 Å². The number of fused-ring (bicyclic) bond motifs is 3. The summed E-state index contributed by atoms with van der Waals surface area (Å²) in [7, 11) is 0.690. The van der Waals surface area contributed by atoms with Gasteiger partial charge in [-0.15, -0.1) is 5.10 Å².